The standard InChI is InChI=1S/C9H12O3S/c1-13(12)8-6-3-2-5(4-6)7(8)9(10)11/h2-3,5-8H,4H2,1H3,(H,10,11)/t5-,6+,7-,8+,13?/m0/s1. The average molecular weight is 200 g/mol. The monoisotopic (exact) mass is 200 g/mol. The quantitative estimate of drug-likeness (QED) is 0.665. The van der Waals surface area contributed by atoms with Crippen molar-refractivity contribution >= 4 is 16.8 Å². The minimum absolute atomic E-state index is 0.122. The lowest BCUT2D eigenvalue weighted by Crippen LogP contribution is -2.34. The van der Waals surface area contributed by atoms with Gasteiger partial charge in [-0.3, -0.25) is 9.00 Å². The van der Waals surface area contributed by atoms with Gasteiger partial charge in [0, 0.05) is 17.1 Å². The molecule has 13 heavy (non-hydrogen) atoms. The molecule has 4 heteroatoms. The van der Waals surface area contributed by atoms with Crippen LogP contribution >= 0.6 is 0 Å². The van der Waals surface area contributed by atoms with E-state index in [1.54, 1.807) is 6.26 Å². The molecular weight excluding hydrogens is 188 g/mol. The van der Waals surface area contributed by atoms with Crippen molar-refractivity contribution in [3.05, 3.63) is 12.2 Å². The molecule has 0 aromatic heterocycles. The Balaban J connectivity index is 2.30. The summed E-state index contributed by atoms with van der Waals surface area (Å²) in [4.78, 5) is 10.9. The van der Waals surface area contributed by atoms with Crippen LogP contribution in [0.15, 0.2) is 12.2 Å². The smallest absolute Gasteiger partial charge is 0.308 e. The first kappa shape index (κ1) is 8.94. The number of hydrogen-bond acceptors (Lipinski definition) is 2. The van der Waals surface area contributed by atoms with Gasteiger partial charge in [0.05, 0.1) is 11.2 Å². The van der Waals surface area contributed by atoms with E-state index in [0.717, 1.165) is 6.42 Å². The molecule has 0 aromatic rings. The van der Waals surface area contributed by atoms with Gasteiger partial charge in [-0.15, -0.1) is 0 Å². The van der Waals surface area contributed by atoms with Crippen LogP contribution in [0.25, 0.3) is 0 Å². The van der Waals surface area contributed by atoms with Gasteiger partial charge in [0.25, 0.3) is 0 Å². The Morgan fingerprint density at radius 3 is 2.54 bits per heavy atom. The van der Waals surface area contributed by atoms with E-state index in [1.807, 2.05) is 12.2 Å². The molecule has 72 valence electrons. The van der Waals surface area contributed by atoms with E-state index in [2.05, 4.69) is 0 Å². The van der Waals surface area contributed by atoms with Crippen LogP contribution in [0.5, 0.6) is 0 Å². The molecule has 0 saturated heterocycles. The van der Waals surface area contributed by atoms with Gasteiger partial charge in [-0.05, 0) is 18.3 Å². The first-order chi connectivity index (χ1) is 6.11. The fourth-order valence-corrected chi connectivity index (χ4v) is 3.98. The number of carbonyl (C=O) groups is 1. The summed E-state index contributed by atoms with van der Waals surface area (Å²) in [5.41, 5.74) is 0. The maximum atomic E-state index is 11.4. The average Bonchev–Trinajstić information content (AvgIpc) is 2.60. The third-order valence-corrected chi connectivity index (χ3v) is 4.46. The van der Waals surface area contributed by atoms with Crippen molar-refractivity contribution in [3.63, 3.8) is 0 Å². The predicted molar refractivity (Wildman–Crippen MR) is 49.7 cm³/mol. The third kappa shape index (κ3) is 1.24. The number of allylic oxidation sites excluding steroid dienone is 2. The van der Waals surface area contributed by atoms with E-state index in [0.29, 0.717) is 0 Å². The van der Waals surface area contributed by atoms with Gasteiger partial charge in [0.15, 0.2) is 0 Å². The van der Waals surface area contributed by atoms with Gasteiger partial charge in [0.1, 0.15) is 0 Å². The minimum atomic E-state index is -1.02. The number of aliphatic carboxylic acids is 1. The number of fused-ring (bicyclic) bond motifs is 2. The van der Waals surface area contributed by atoms with Gasteiger partial charge in [-0.2, -0.15) is 0 Å². The Kier molecular flexibility index (Phi) is 2.02. The van der Waals surface area contributed by atoms with Gasteiger partial charge in [-0.25, -0.2) is 0 Å². The van der Waals surface area contributed by atoms with Crippen LogP contribution < -0.4 is 0 Å². The molecule has 0 aliphatic heterocycles. The second kappa shape index (κ2) is 2.94. The van der Waals surface area contributed by atoms with Crippen LogP contribution in [0, 0.1) is 17.8 Å². The molecule has 3 nitrogen and oxygen atoms in total. The van der Waals surface area contributed by atoms with Crippen LogP contribution in [0.2, 0.25) is 0 Å². The largest absolute Gasteiger partial charge is 0.481 e. The molecule has 5 atom stereocenters. The number of carboxylic acid groups (broad SMARTS) is 1. The molecule has 1 saturated carbocycles. The molecule has 0 amide bonds. The zero-order valence-corrected chi connectivity index (χ0v) is 8.16. The molecule has 0 heterocycles. The fourth-order valence-electron chi connectivity index (χ4n) is 2.55. The van der Waals surface area contributed by atoms with Crippen LogP contribution in [-0.2, 0) is 15.6 Å². The highest BCUT2D eigenvalue weighted by Gasteiger charge is 2.50. The van der Waals surface area contributed by atoms with Crippen LogP contribution in [-0.4, -0.2) is 26.8 Å². The van der Waals surface area contributed by atoms with Gasteiger partial charge in [-0.1, -0.05) is 12.2 Å². The maximum absolute atomic E-state index is 11.4. The van der Waals surface area contributed by atoms with Crippen LogP contribution in [0.1, 0.15) is 6.42 Å². The summed E-state index contributed by atoms with van der Waals surface area (Å²) in [6.45, 7) is 0. The molecule has 2 bridgehead atoms. The van der Waals surface area contributed by atoms with Crippen LogP contribution in [0.4, 0.5) is 0 Å². The zero-order chi connectivity index (χ0) is 9.59. The molecule has 1 N–H and O–H groups in total. The van der Waals surface area contributed by atoms with E-state index in [9.17, 15) is 9.00 Å². The van der Waals surface area contributed by atoms with Crippen molar-refractivity contribution in [2.24, 2.45) is 17.8 Å². The summed E-state index contributed by atoms with van der Waals surface area (Å²) >= 11 is 0. The summed E-state index contributed by atoms with van der Waals surface area (Å²) in [7, 11) is -1.02. The Hall–Kier alpha value is -0.640. The molecule has 0 aromatic carbocycles. The molecule has 2 aliphatic rings. The summed E-state index contributed by atoms with van der Waals surface area (Å²) in [6.07, 6.45) is 6.47. The van der Waals surface area contributed by atoms with E-state index in [4.69, 9.17) is 5.11 Å². The highest BCUT2D eigenvalue weighted by Crippen LogP contribution is 2.45. The van der Waals surface area contributed by atoms with Crippen molar-refractivity contribution in [1.29, 1.82) is 0 Å². The first-order valence-corrected chi connectivity index (χ1v) is 5.96. The van der Waals surface area contributed by atoms with E-state index >= 15 is 0 Å². The molecule has 1 fully saturated rings. The molecule has 1 unspecified atom stereocenters. The first-order valence-electron chi connectivity index (χ1n) is 4.34. The Bertz CT molecular complexity index is 269. The summed E-state index contributed by atoms with van der Waals surface area (Å²) in [5, 5.41) is 8.83. The molecular formula is C9H12O3S. The van der Waals surface area contributed by atoms with Crippen molar-refractivity contribution in [3.8, 4) is 0 Å². The summed E-state index contributed by atoms with van der Waals surface area (Å²) in [5.74, 6) is -0.855. The lowest BCUT2D eigenvalue weighted by molar-refractivity contribution is -0.142. The topological polar surface area (TPSA) is 54.4 Å². The van der Waals surface area contributed by atoms with Crippen molar-refractivity contribution in [2.45, 2.75) is 11.7 Å². The fraction of sp³-hybridized carbons (Fsp3) is 0.667. The molecule has 0 radical (unpaired) electrons. The Morgan fingerprint density at radius 2 is 2.08 bits per heavy atom. The minimum Gasteiger partial charge on any atom is -0.481 e. The molecule has 2 aliphatic carbocycles. The zero-order valence-electron chi connectivity index (χ0n) is 7.34. The summed E-state index contributed by atoms with van der Waals surface area (Å²) in [6, 6.07) is 0. The highest BCUT2D eigenvalue weighted by atomic mass is 32.2. The summed E-state index contributed by atoms with van der Waals surface area (Å²) < 4.78 is 11.4. The van der Waals surface area contributed by atoms with E-state index in [1.165, 1.54) is 0 Å². The Labute approximate surface area is 79.3 Å². The number of rotatable bonds is 2. The van der Waals surface area contributed by atoms with Crippen molar-refractivity contribution < 1.29 is 14.1 Å². The normalized spacial score (nSPS) is 43.8. The third-order valence-electron chi connectivity index (χ3n) is 3.06. The maximum Gasteiger partial charge on any atom is 0.308 e. The SMILES string of the molecule is CS(=O)[C@H]1[C@@H](C(=O)O)[C@H]2C=C[C@@H]1C2. The Morgan fingerprint density at radius 1 is 1.46 bits per heavy atom. The van der Waals surface area contributed by atoms with Gasteiger partial charge < -0.3 is 5.11 Å². The second-order valence-electron chi connectivity index (χ2n) is 3.78. The van der Waals surface area contributed by atoms with Gasteiger partial charge in [0.2, 0.25) is 0 Å². The number of hydrogen-bond donors (Lipinski definition) is 1. The second-order valence-corrected chi connectivity index (χ2v) is 5.32. The van der Waals surface area contributed by atoms with E-state index < -0.39 is 22.7 Å². The van der Waals surface area contributed by atoms with Crippen molar-refractivity contribution in [1.82, 2.24) is 0 Å². The van der Waals surface area contributed by atoms with Gasteiger partial charge >= 0.3 is 5.97 Å². The lowest BCUT2D eigenvalue weighted by atomic mass is 9.93. The predicted octanol–water partition coefficient (Wildman–Crippen LogP) is 0.640. The number of carboxylic acids is 1. The molecule has 2 rings (SSSR count). The van der Waals surface area contributed by atoms with E-state index in [-0.39, 0.29) is 17.1 Å². The molecule has 0 spiro atoms. The lowest BCUT2D eigenvalue weighted by Gasteiger charge is -2.22. The highest BCUT2D eigenvalue weighted by molar-refractivity contribution is 7.85. The van der Waals surface area contributed by atoms with Crippen LogP contribution in [0.3, 0.4) is 0 Å². The van der Waals surface area contributed by atoms with Crippen molar-refractivity contribution in [2.75, 3.05) is 6.26 Å².